The highest BCUT2D eigenvalue weighted by Crippen LogP contribution is 2.56. The fourth-order valence-electron chi connectivity index (χ4n) is 2.45. The number of Topliss-reactive ketones (excluding diaryl/α,β-unsaturated/α-hetero) is 1. The van der Waals surface area contributed by atoms with Gasteiger partial charge < -0.3 is 9.47 Å². The first-order chi connectivity index (χ1) is 8.81. The number of ketones is 1. The van der Waals surface area contributed by atoms with Crippen molar-refractivity contribution in [3.8, 4) is 5.75 Å². The molecule has 3 nitrogen and oxygen atoms in total. The minimum atomic E-state index is -1.11. The van der Waals surface area contributed by atoms with Gasteiger partial charge in [-0.15, -0.1) is 0 Å². The van der Waals surface area contributed by atoms with Crippen molar-refractivity contribution < 1.29 is 14.3 Å². The Morgan fingerprint density at radius 3 is 2.44 bits per heavy atom. The number of hydrogen-bond acceptors (Lipinski definition) is 3. The van der Waals surface area contributed by atoms with E-state index < -0.39 is 5.79 Å². The molecule has 88 valence electrons. The molecule has 18 heavy (non-hydrogen) atoms. The van der Waals surface area contributed by atoms with Gasteiger partial charge in [0.05, 0.1) is 5.56 Å². The van der Waals surface area contributed by atoms with E-state index in [4.69, 9.17) is 9.47 Å². The van der Waals surface area contributed by atoms with Gasteiger partial charge >= 0.3 is 5.79 Å². The molecule has 1 spiro atoms. The van der Waals surface area contributed by atoms with Gasteiger partial charge in [-0.1, -0.05) is 42.5 Å². The molecule has 2 aliphatic heterocycles. The summed E-state index contributed by atoms with van der Waals surface area (Å²) in [6.45, 7) is 0. The minimum absolute atomic E-state index is 0.0769. The molecule has 0 aromatic heterocycles. The molecule has 4 rings (SSSR count). The van der Waals surface area contributed by atoms with Gasteiger partial charge in [-0.05, 0) is 17.7 Å². The molecule has 2 aromatic rings. The van der Waals surface area contributed by atoms with Crippen molar-refractivity contribution in [3.63, 3.8) is 0 Å². The van der Waals surface area contributed by atoms with E-state index in [0.717, 1.165) is 5.56 Å². The van der Waals surface area contributed by atoms with Crippen molar-refractivity contribution in [3.05, 3.63) is 65.7 Å². The van der Waals surface area contributed by atoms with Crippen LogP contribution in [0.3, 0.4) is 0 Å². The van der Waals surface area contributed by atoms with E-state index >= 15 is 0 Å². The molecular weight excluding hydrogens is 228 g/mol. The number of epoxide rings is 1. The molecule has 0 unspecified atom stereocenters. The molecule has 0 radical (unpaired) electrons. The summed E-state index contributed by atoms with van der Waals surface area (Å²) in [5, 5.41) is 0. The molecule has 2 aliphatic rings. The second-order valence-electron chi connectivity index (χ2n) is 4.50. The molecular formula is C15H10O3. The molecule has 1 fully saturated rings. The lowest BCUT2D eigenvalue weighted by Crippen LogP contribution is -2.25. The second-order valence-corrected chi connectivity index (χ2v) is 4.50. The number of carbonyl (C=O) groups excluding carboxylic acids is 1. The Morgan fingerprint density at radius 2 is 1.67 bits per heavy atom. The third-order valence-electron chi connectivity index (χ3n) is 3.39. The molecule has 0 saturated carbocycles. The number of benzene rings is 2. The zero-order valence-electron chi connectivity index (χ0n) is 9.50. The predicted octanol–water partition coefficient (Wildman–Crippen LogP) is 2.73. The van der Waals surface area contributed by atoms with Crippen LogP contribution in [0, 0.1) is 0 Å². The van der Waals surface area contributed by atoms with E-state index in [1.807, 2.05) is 42.5 Å². The average molecular weight is 238 g/mol. The van der Waals surface area contributed by atoms with Gasteiger partial charge in [0.2, 0.25) is 5.78 Å². The van der Waals surface area contributed by atoms with Gasteiger partial charge in [0.25, 0.3) is 0 Å². The van der Waals surface area contributed by atoms with Crippen molar-refractivity contribution in [2.45, 2.75) is 11.9 Å². The summed E-state index contributed by atoms with van der Waals surface area (Å²) in [6.07, 6.45) is -0.293. The van der Waals surface area contributed by atoms with E-state index in [0.29, 0.717) is 11.3 Å². The molecule has 0 bridgehead atoms. The van der Waals surface area contributed by atoms with Crippen LogP contribution in [0.1, 0.15) is 22.0 Å². The third kappa shape index (κ3) is 1.14. The highest BCUT2D eigenvalue weighted by atomic mass is 16.8. The van der Waals surface area contributed by atoms with Gasteiger partial charge in [0.1, 0.15) is 5.75 Å². The van der Waals surface area contributed by atoms with Crippen LogP contribution < -0.4 is 4.74 Å². The van der Waals surface area contributed by atoms with Crippen molar-refractivity contribution in [2.24, 2.45) is 0 Å². The van der Waals surface area contributed by atoms with E-state index in [-0.39, 0.29) is 11.9 Å². The maximum Gasteiger partial charge on any atom is 0.307 e. The molecule has 3 heteroatoms. The predicted molar refractivity (Wildman–Crippen MR) is 64.4 cm³/mol. The van der Waals surface area contributed by atoms with Crippen molar-refractivity contribution >= 4 is 5.78 Å². The normalized spacial score (nSPS) is 28.0. The minimum Gasteiger partial charge on any atom is -0.451 e. The third-order valence-corrected chi connectivity index (χ3v) is 3.39. The standard InChI is InChI=1S/C15H10O3/c16-13-11-8-4-5-9-12(11)17-15(13)14(18-15)10-6-2-1-3-7-10/h1-9,14H/t14-,15-/m1/s1. The lowest BCUT2D eigenvalue weighted by molar-refractivity contribution is 0.0538. The summed E-state index contributed by atoms with van der Waals surface area (Å²) < 4.78 is 11.3. The van der Waals surface area contributed by atoms with Gasteiger partial charge in [0.15, 0.2) is 6.10 Å². The largest absolute Gasteiger partial charge is 0.451 e. The number of ether oxygens (including phenoxy) is 2. The Bertz CT molecular complexity index is 635. The van der Waals surface area contributed by atoms with Crippen LogP contribution in [-0.4, -0.2) is 11.6 Å². The highest BCUT2D eigenvalue weighted by Gasteiger charge is 2.69. The fraction of sp³-hybridized carbons (Fsp3) is 0.133. The van der Waals surface area contributed by atoms with Crippen LogP contribution in [0.5, 0.6) is 5.75 Å². The first-order valence-corrected chi connectivity index (χ1v) is 5.87. The van der Waals surface area contributed by atoms with Crippen LogP contribution in [0.15, 0.2) is 54.6 Å². The SMILES string of the molecule is O=C1c2ccccc2O[C@@]12O[C@@H]2c1ccccc1. The van der Waals surface area contributed by atoms with Crippen molar-refractivity contribution in [1.29, 1.82) is 0 Å². The van der Waals surface area contributed by atoms with Crippen LogP contribution in [0.4, 0.5) is 0 Å². The van der Waals surface area contributed by atoms with E-state index in [1.54, 1.807) is 12.1 Å². The summed E-state index contributed by atoms with van der Waals surface area (Å²) in [6, 6.07) is 16.9. The summed E-state index contributed by atoms with van der Waals surface area (Å²) in [5.41, 5.74) is 1.58. The summed E-state index contributed by atoms with van der Waals surface area (Å²) in [4.78, 5) is 12.3. The van der Waals surface area contributed by atoms with Gasteiger partial charge in [0, 0.05) is 0 Å². The van der Waals surface area contributed by atoms with Crippen LogP contribution in [-0.2, 0) is 4.74 Å². The number of fused-ring (bicyclic) bond motifs is 1. The molecule has 0 N–H and O–H groups in total. The fourth-order valence-corrected chi connectivity index (χ4v) is 2.45. The Kier molecular flexibility index (Phi) is 1.76. The molecule has 2 atom stereocenters. The maximum absolute atomic E-state index is 12.3. The first-order valence-electron chi connectivity index (χ1n) is 5.87. The summed E-state index contributed by atoms with van der Waals surface area (Å²) in [5.74, 6) is -0.571. The van der Waals surface area contributed by atoms with Gasteiger partial charge in [-0.2, -0.15) is 0 Å². The van der Waals surface area contributed by atoms with E-state index in [1.165, 1.54) is 0 Å². The van der Waals surface area contributed by atoms with Crippen LogP contribution >= 0.6 is 0 Å². The van der Waals surface area contributed by atoms with Gasteiger partial charge in [-0.25, -0.2) is 0 Å². The molecule has 1 saturated heterocycles. The highest BCUT2D eigenvalue weighted by molar-refractivity contribution is 6.08. The van der Waals surface area contributed by atoms with E-state index in [2.05, 4.69) is 0 Å². The van der Waals surface area contributed by atoms with Crippen molar-refractivity contribution in [2.75, 3.05) is 0 Å². The quantitative estimate of drug-likeness (QED) is 0.717. The summed E-state index contributed by atoms with van der Waals surface area (Å²) >= 11 is 0. The Balaban J connectivity index is 1.73. The number of hydrogen-bond donors (Lipinski definition) is 0. The summed E-state index contributed by atoms with van der Waals surface area (Å²) in [7, 11) is 0. The number of para-hydroxylation sites is 1. The molecule has 0 amide bonds. The lowest BCUT2D eigenvalue weighted by atomic mass is 10.0. The van der Waals surface area contributed by atoms with Crippen LogP contribution in [0.2, 0.25) is 0 Å². The molecule has 0 aliphatic carbocycles. The van der Waals surface area contributed by atoms with Crippen molar-refractivity contribution in [1.82, 2.24) is 0 Å². The monoisotopic (exact) mass is 238 g/mol. The lowest BCUT2D eigenvalue weighted by Gasteiger charge is -2.03. The van der Waals surface area contributed by atoms with Gasteiger partial charge in [-0.3, -0.25) is 4.79 Å². The second kappa shape index (κ2) is 3.21. The zero-order valence-corrected chi connectivity index (χ0v) is 9.50. The number of carbonyl (C=O) groups is 1. The Hall–Kier alpha value is -2.13. The average Bonchev–Trinajstić information content (AvgIpc) is 3.08. The Morgan fingerprint density at radius 1 is 0.944 bits per heavy atom. The maximum atomic E-state index is 12.3. The zero-order chi connectivity index (χ0) is 12.2. The van der Waals surface area contributed by atoms with Crippen LogP contribution in [0.25, 0.3) is 0 Å². The smallest absolute Gasteiger partial charge is 0.307 e. The number of rotatable bonds is 1. The molecule has 2 aromatic carbocycles. The first kappa shape index (κ1) is 9.85. The Labute approximate surface area is 104 Å². The molecule has 2 heterocycles. The van der Waals surface area contributed by atoms with E-state index in [9.17, 15) is 4.79 Å². The topological polar surface area (TPSA) is 38.8 Å².